The maximum absolute atomic E-state index is 12.7. The van der Waals surface area contributed by atoms with E-state index in [0.717, 1.165) is 11.6 Å². The molecule has 24 heavy (non-hydrogen) atoms. The number of benzene rings is 1. The van der Waals surface area contributed by atoms with Crippen molar-refractivity contribution in [1.82, 2.24) is 4.90 Å². The van der Waals surface area contributed by atoms with Crippen molar-refractivity contribution in [2.24, 2.45) is 5.92 Å². The van der Waals surface area contributed by atoms with E-state index in [2.05, 4.69) is 25.7 Å². The van der Waals surface area contributed by atoms with Crippen LogP contribution < -0.4 is 0 Å². The lowest BCUT2D eigenvalue weighted by molar-refractivity contribution is -0.131. The Labute approximate surface area is 145 Å². The Balaban J connectivity index is 2.03. The molecule has 5 heteroatoms. The lowest BCUT2D eigenvalue weighted by Crippen LogP contribution is -2.42. The van der Waals surface area contributed by atoms with Crippen LogP contribution in [-0.2, 0) is 16.0 Å². The van der Waals surface area contributed by atoms with Crippen LogP contribution >= 0.6 is 0 Å². The third-order valence-electron chi connectivity index (χ3n) is 4.06. The lowest BCUT2D eigenvalue weighted by atomic mass is 10.0. The molecule has 2 amide bonds. The van der Waals surface area contributed by atoms with E-state index in [-0.39, 0.29) is 24.5 Å². The molecule has 0 aliphatic carbocycles. The highest BCUT2D eigenvalue weighted by molar-refractivity contribution is 6.76. The number of ether oxygens (including phenoxy) is 1. The van der Waals surface area contributed by atoms with Gasteiger partial charge in [0, 0.05) is 8.07 Å². The van der Waals surface area contributed by atoms with Gasteiger partial charge >= 0.3 is 6.09 Å². The highest BCUT2D eigenvalue weighted by atomic mass is 28.3. The van der Waals surface area contributed by atoms with Crippen LogP contribution in [0.15, 0.2) is 42.5 Å². The molecule has 130 valence electrons. The summed E-state index contributed by atoms with van der Waals surface area (Å²) in [5, 5.41) is 0. The minimum absolute atomic E-state index is 0.176. The molecule has 1 aliphatic rings. The number of allylic oxidation sites excluding steroid dienone is 1. The van der Waals surface area contributed by atoms with E-state index in [9.17, 15) is 9.59 Å². The van der Waals surface area contributed by atoms with E-state index in [4.69, 9.17) is 4.74 Å². The van der Waals surface area contributed by atoms with Crippen LogP contribution in [0.5, 0.6) is 0 Å². The van der Waals surface area contributed by atoms with Gasteiger partial charge in [-0.05, 0) is 18.0 Å². The monoisotopic (exact) mass is 345 g/mol. The summed E-state index contributed by atoms with van der Waals surface area (Å²) in [6.07, 6.45) is 4.11. The summed E-state index contributed by atoms with van der Waals surface area (Å²) < 4.78 is 5.13. The molecule has 0 saturated carbocycles. The summed E-state index contributed by atoms with van der Waals surface area (Å²) in [4.78, 5) is 26.0. The molecule has 0 spiro atoms. The standard InChI is InChI=1S/C19H27NO3Si/c1-15(9-8-12-24(2,3)4)18(21)20-17(14-23-19(20)22)13-16-10-6-5-7-11-16/h5-11,15,17H,12-14H2,1-4H3/b9-8-/t15-,17-/m1/s1. The highest BCUT2D eigenvalue weighted by Gasteiger charge is 2.39. The maximum Gasteiger partial charge on any atom is 0.417 e. The Morgan fingerprint density at radius 1 is 1.33 bits per heavy atom. The molecule has 1 saturated heterocycles. The van der Waals surface area contributed by atoms with Gasteiger partial charge in [0.05, 0.1) is 12.0 Å². The molecule has 0 unspecified atom stereocenters. The first-order valence-corrected chi connectivity index (χ1v) is 12.2. The van der Waals surface area contributed by atoms with Crippen LogP contribution in [-0.4, -0.2) is 37.6 Å². The van der Waals surface area contributed by atoms with Gasteiger partial charge in [-0.15, -0.1) is 0 Å². The summed E-state index contributed by atoms with van der Waals surface area (Å²) >= 11 is 0. The maximum atomic E-state index is 12.7. The minimum atomic E-state index is -1.17. The van der Waals surface area contributed by atoms with Crippen LogP contribution in [0, 0.1) is 5.92 Å². The first-order chi connectivity index (χ1) is 11.3. The largest absolute Gasteiger partial charge is 0.447 e. The predicted molar refractivity (Wildman–Crippen MR) is 98.6 cm³/mol. The third kappa shape index (κ3) is 5.06. The number of amides is 2. The fraction of sp³-hybridized carbons (Fsp3) is 0.474. The molecule has 2 rings (SSSR count). The summed E-state index contributed by atoms with van der Waals surface area (Å²) in [7, 11) is -1.17. The zero-order valence-corrected chi connectivity index (χ0v) is 16.0. The normalized spacial score (nSPS) is 19.6. The fourth-order valence-electron chi connectivity index (χ4n) is 2.69. The van der Waals surface area contributed by atoms with Gasteiger partial charge in [0.15, 0.2) is 0 Å². The highest BCUT2D eigenvalue weighted by Crippen LogP contribution is 2.21. The quantitative estimate of drug-likeness (QED) is 0.576. The molecule has 1 aliphatic heterocycles. The van der Waals surface area contributed by atoms with E-state index in [1.807, 2.05) is 43.3 Å². The second kappa shape index (κ2) is 7.79. The lowest BCUT2D eigenvalue weighted by Gasteiger charge is -2.22. The van der Waals surface area contributed by atoms with Crippen LogP contribution in [0.4, 0.5) is 4.79 Å². The van der Waals surface area contributed by atoms with Crippen LogP contribution in [0.25, 0.3) is 0 Å². The van der Waals surface area contributed by atoms with Crippen molar-refractivity contribution in [1.29, 1.82) is 0 Å². The van der Waals surface area contributed by atoms with Crippen LogP contribution in [0.3, 0.4) is 0 Å². The second-order valence-corrected chi connectivity index (χ2v) is 13.1. The average molecular weight is 346 g/mol. The van der Waals surface area contributed by atoms with E-state index in [1.54, 1.807) is 0 Å². The molecule has 0 radical (unpaired) electrons. The van der Waals surface area contributed by atoms with E-state index in [0.29, 0.717) is 6.42 Å². The first-order valence-electron chi connectivity index (χ1n) is 8.48. The Morgan fingerprint density at radius 2 is 2.00 bits per heavy atom. The number of hydrogen-bond acceptors (Lipinski definition) is 3. The van der Waals surface area contributed by atoms with Gasteiger partial charge in [-0.1, -0.05) is 69.0 Å². The number of nitrogens with zero attached hydrogens (tertiary/aromatic N) is 1. The van der Waals surface area contributed by atoms with E-state index in [1.165, 1.54) is 4.90 Å². The molecular weight excluding hydrogens is 318 g/mol. The molecular formula is C19H27NO3Si. The molecule has 4 nitrogen and oxygen atoms in total. The molecule has 0 N–H and O–H groups in total. The average Bonchev–Trinajstić information content (AvgIpc) is 2.87. The Hall–Kier alpha value is -1.88. The Bertz CT molecular complexity index is 607. The van der Waals surface area contributed by atoms with Crippen molar-refractivity contribution in [3.05, 3.63) is 48.0 Å². The number of rotatable bonds is 6. The first kappa shape index (κ1) is 18.5. The molecule has 0 aromatic heterocycles. The van der Waals surface area contributed by atoms with Crippen molar-refractivity contribution < 1.29 is 14.3 Å². The molecule has 1 aromatic carbocycles. The SMILES string of the molecule is C[C@H](/C=C\C[Si](C)(C)C)C(=O)N1C(=O)OC[C@H]1Cc1ccccc1. The number of hydrogen-bond donors (Lipinski definition) is 0. The summed E-state index contributed by atoms with van der Waals surface area (Å²) in [5.41, 5.74) is 1.10. The van der Waals surface area contributed by atoms with Gasteiger partial charge in [0.1, 0.15) is 6.61 Å². The van der Waals surface area contributed by atoms with Gasteiger partial charge in [-0.25, -0.2) is 9.69 Å². The number of carbonyl (C=O) groups excluding carboxylic acids is 2. The van der Waals surface area contributed by atoms with Gasteiger partial charge < -0.3 is 4.74 Å². The molecule has 1 heterocycles. The third-order valence-corrected chi connectivity index (χ3v) is 5.52. The molecule has 1 fully saturated rings. The Kier molecular flexibility index (Phi) is 5.99. The number of imide groups is 1. The van der Waals surface area contributed by atoms with Gasteiger partial charge in [-0.3, -0.25) is 4.79 Å². The van der Waals surface area contributed by atoms with Crippen molar-refractivity contribution in [2.45, 2.75) is 45.1 Å². The number of cyclic esters (lactones) is 1. The summed E-state index contributed by atoms with van der Waals surface area (Å²) in [6.45, 7) is 8.98. The van der Waals surface area contributed by atoms with Gasteiger partial charge in [0.2, 0.25) is 5.91 Å². The fourth-order valence-corrected chi connectivity index (χ4v) is 3.54. The topological polar surface area (TPSA) is 46.6 Å². The summed E-state index contributed by atoms with van der Waals surface area (Å²) in [6, 6.07) is 10.7. The van der Waals surface area contributed by atoms with Crippen molar-refractivity contribution in [3.8, 4) is 0 Å². The van der Waals surface area contributed by atoms with E-state index < -0.39 is 14.2 Å². The smallest absolute Gasteiger partial charge is 0.417 e. The molecule has 2 atom stereocenters. The van der Waals surface area contributed by atoms with Crippen molar-refractivity contribution in [2.75, 3.05) is 6.61 Å². The van der Waals surface area contributed by atoms with Crippen LogP contribution in [0.2, 0.25) is 25.7 Å². The zero-order valence-electron chi connectivity index (χ0n) is 15.0. The van der Waals surface area contributed by atoms with E-state index >= 15 is 0 Å². The van der Waals surface area contributed by atoms with Gasteiger partial charge in [0.25, 0.3) is 0 Å². The summed E-state index contributed by atoms with van der Waals surface area (Å²) in [5.74, 6) is -0.490. The van der Waals surface area contributed by atoms with Gasteiger partial charge in [-0.2, -0.15) is 0 Å². The Morgan fingerprint density at radius 3 is 2.62 bits per heavy atom. The molecule has 0 bridgehead atoms. The van der Waals surface area contributed by atoms with Crippen LogP contribution in [0.1, 0.15) is 12.5 Å². The molecule has 1 aromatic rings. The zero-order chi connectivity index (χ0) is 17.7. The van der Waals surface area contributed by atoms with Crippen molar-refractivity contribution >= 4 is 20.1 Å². The minimum Gasteiger partial charge on any atom is -0.447 e. The predicted octanol–water partition coefficient (Wildman–Crippen LogP) is 4.11. The number of carbonyl (C=O) groups is 2. The second-order valence-electron chi connectivity index (χ2n) is 7.61. The van der Waals surface area contributed by atoms with Crippen molar-refractivity contribution in [3.63, 3.8) is 0 Å².